The number of Topliss-reactive ketones (excluding diaryl/α,β-unsaturated/α-hetero) is 1. The summed E-state index contributed by atoms with van der Waals surface area (Å²) < 4.78 is 5.80. The van der Waals surface area contributed by atoms with Gasteiger partial charge in [-0.1, -0.05) is 35.9 Å². The van der Waals surface area contributed by atoms with Gasteiger partial charge in [0.2, 0.25) is 0 Å². The van der Waals surface area contributed by atoms with E-state index in [1.54, 1.807) is 11.0 Å². The molecule has 3 rings (SSSR count). The van der Waals surface area contributed by atoms with Gasteiger partial charge in [-0.15, -0.1) is 0 Å². The van der Waals surface area contributed by atoms with E-state index in [0.717, 1.165) is 16.9 Å². The first-order valence-corrected chi connectivity index (χ1v) is 9.16. The van der Waals surface area contributed by atoms with Crippen molar-refractivity contribution in [1.82, 2.24) is 0 Å². The van der Waals surface area contributed by atoms with Crippen LogP contribution in [-0.4, -0.2) is 29.9 Å². The van der Waals surface area contributed by atoms with E-state index in [-0.39, 0.29) is 12.2 Å². The van der Waals surface area contributed by atoms with Crippen LogP contribution in [0.15, 0.2) is 42.5 Å². The van der Waals surface area contributed by atoms with Crippen LogP contribution in [-0.2, 0) is 15.2 Å². The summed E-state index contributed by atoms with van der Waals surface area (Å²) in [5, 5.41) is 11.0. The lowest BCUT2D eigenvalue weighted by molar-refractivity contribution is -0.141. The largest absolute Gasteiger partial charge is 0.493 e. The zero-order chi connectivity index (χ0) is 19.6. The molecule has 1 N–H and O–H groups in total. The van der Waals surface area contributed by atoms with Crippen molar-refractivity contribution >= 4 is 17.4 Å². The Labute approximate surface area is 159 Å². The molecule has 1 atom stereocenters. The van der Waals surface area contributed by atoms with Crippen LogP contribution in [0.3, 0.4) is 0 Å². The minimum atomic E-state index is -1.77. The number of fused-ring (bicyclic) bond motifs is 1. The van der Waals surface area contributed by atoms with Gasteiger partial charge in [0.05, 0.1) is 12.3 Å². The number of ketones is 1. The van der Waals surface area contributed by atoms with E-state index >= 15 is 0 Å². The van der Waals surface area contributed by atoms with Crippen LogP contribution in [0.5, 0.6) is 5.75 Å². The first kappa shape index (κ1) is 19.1. The summed E-state index contributed by atoms with van der Waals surface area (Å²) in [7, 11) is 0. The minimum Gasteiger partial charge on any atom is -0.493 e. The number of carbonyl (C=O) groups excluding carboxylic acids is 2. The molecule has 0 radical (unpaired) electrons. The number of anilines is 1. The van der Waals surface area contributed by atoms with Gasteiger partial charge in [0.15, 0.2) is 5.60 Å². The van der Waals surface area contributed by atoms with Crippen LogP contribution >= 0.6 is 0 Å². The quantitative estimate of drug-likeness (QED) is 0.763. The Hall–Kier alpha value is -2.66. The third-order valence-corrected chi connectivity index (χ3v) is 4.87. The number of amides is 1. The molecule has 1 heterocycles. The van der Waals surface area contributed by atoms with Crippen molar-refractivity contribution in [3.63, 3.8) is 0 Å². The predicted octanol–water partition coefficient (Wildman–Crippen LogP) is 3.29. The molecule has 5 nitrogen and oxygen atoms in total. The highest BCUT2D eigenvalue weighted by Crippen LogP contribution is 2.43. The lowest BCUT2D eigenvalue weighted by Gasteiger charge is -2.22. The maximum absolute atomic E-state index is 12.9. The summed E-state index contributed by atoms with van der Waals surface area (Å²) in [6, 6.07) is 13.3. The molecule has 2 aromatic rings. The molecule has 0 fully saturated rings. The van der Waals surface area contributed by atoms with Gasteiger partial charge in [-0.25, -0.2) is 0 Å². The summed E-state index contributed by atoms with van der Waals surface area (Å²) >= 11 is 0. The second-order valence-corrected chi connectivity index (χ2v) is 7.18. The Morgan fingerprint density at radius 1 is 1.19 bits per heavy atom. The molecule has 27 heavy (non-hydrogen) atoms. The van der Waals surface area contributed by atoms with Crippen molar-refractivity contribution in [2.24, 2.45) is 0 Å². The number of ether oxygens (including phenoxy) is 1. The fourth-order valence-corrected chi connectivity index (χ4v) is 3.54. The van der Waals surface area contributed by atoms with Crippen LogP contribution < -0.4 is 9.64 Å². The highest BCUT2D eigenvalue weighted by atomic mass is 16.5. The van der Waals surface area contributed by atoms with Gasteiger partial charge in [-0.05, 0) is 44.9 Å². The number of aliphatic hydroxyl groups is 1. The van der Waals surface area contributed by atoms with Crippen molar-refractivity contribution in [2.45, 2.75) is 39.2 Å². The van der Waals surface area contributed by atoms with Gasteiger partial charge in [0.25, 0.3) is 5.91 Å². The number of para-hydroxylation sites is 1. The summed E-state index contributed by atoms with van der Waals surface area (Å²) in [5.74, 6) is 0.173. The topological polar surface area (TPSA) is 66.8 Å². The molecule has 1 aliphatic heterocycles. The molecule has 2 aromatic carbocycles. The Balaban J connectivity index is 1.73. The summed E-state index contributed by atoms with van der Waals surface area (Å²) in [4.78, 5) is 26.2. The number of hydrogen-bond donors (Lipinski definition) is 1. The number of benzene rings is 2. The van der Waals surface area contributed by atoms with Crippen LogP contribution in [0.1, 0.15) is 36.5 Å². The molecule has 0 spiro atoms. The van der Waals surface area contributed by atoms with Crippen molar-refractivity contribution in [2.75, 3.05) is 18.1 Å². The molecule has 5 heteroatoms. The molecule has 0 bridgehead atoms. The smallest absolute Gasteiger partial charge is 0.264 e. The minimum absolute atomic E-state index is 0.210. The molecular weight excluding hydrogens is 342 g/mol. The predicted molar refractivity (Wildman–Crippen MR) is 104 cm³/mol. The first-order valence-electron chi connectivity index (χ1n) is 9.16. The highest BCUT2D eigenvalue weighted by Gasteiger charge is 2.50. The van der Waals surface area contributed by atoms with Gasteiger partial charge in [-0.2, -0.15) is 0 Å². The lowest BCUT2D eigenvalue weighted by atomic mass is 9.89. The maximum Gasteiger partial charge on any atom is 0.264 e. The number of aryl methyl sites for hydroxylation is 2. The average Bonchev–Trinajstić information content (AvgIpc) is 2.81. The van der Waals surface area contributed by atoms with E-state index in [9.17, 15) is 14.7 Å². The SMILES string of the molecule is CC(=O)C[C@]1(O)C(=O)N(CCCOc2ccccc2C)c2ccc(C)cc21. The van der Waals surface area contributed by atoms with Crippen molar-refractivity contribution in [3.05, 3.63) is 59.2 Å². The zero-order valence-electron chi connectivity index (χ0n) is 16.0. The molecule has 0 aromatic heterocycles. The third-order valence-electron chi connectivity index (χ3n) is 4.87. The van der Waals surface area contributed by atoms with E-state index in [0.29, 0.717) is 30.8 Å². The van der Waals surface area contributed by atoms with Gasteiger partial charge in [0, 0.05) is 18.5 Å². The molecule has 1 amide bonds. The van der Waals surface area contributed by atoms with Crippen molar-refractivity contribution in [1.29, 1.82) is 0 Å². The highest BCUT2D eigenvalue weighted by molar-refractivity contribution is 6.08. The van der Waals surface area contributed by atoms with Crippen LogP contribution in [0.25, 0.3) is 0 Å². The molecule has 1 aliphatic rings. The maximum atomic E-state index is 12.9. The first-order chi connectivity index (χ1) is 12.8. The second-order valence-electron chi connectivity index (χ2n) is 7.18. The standard InChI is InChI=1S/C22H25NO4/c1-15-9-10-19-18(13-15)22(26,14-17(3)24)21(25)23(19)11-6-12-27-20-8-5-4-7-16(20)2/h4-5,7-10,13,26H,6,11-12,14H2,1-3H3/t22-/m1/s1. The fourth-order valence-electron chi connectivity index (χ4n) is 3.54. The number of rotatable bonds is 7. The Morgan fingerprint density at radius 2 is 1.93 bits per heavy atom. The van der Waals surface area contributed by atoms with Gasteiger partial charge >= 0.3 is 0 Å². The van der Waals surface area contributed by atoms with E-state index in [1.165, 1.54) is 6.92 Å². The fraction of sp³-hybridized carbons (Fsp3) is 0.364. The molecule has 0 aliphatic carbocycles. The number of carbonyl (C=O) groups is 2. The normalized spacial score (nSPS) is 18.5. The summed E-state index contributed by atoms with van der Waals surface area (Å²) in [5.41, 5.74) is 1.41. The Kier molecular flexibility index (Phi) is 5.33. The summed E-state index contributed by atoms with van der Waals surface area (Å²) in [6.07, 6.45) is 0.405. The van der Waals surface area contributed by atoms with E-state index in [1.807, 2.05) is 50.2 Å². The van der Waals surface area contributed by atoms with E-state index in [4.69, 9.17) is 4.74 Å². The lowest BCUT2D eigenvalue weighted by Crippen LogP contribution is -2.42. The molecule has 0 saturated carbocycles. The number of nitrogens with zero attached hydrogens (tertiary/aromatic N) is 1. The Morgan fingerprint density at radius 3 is 2.63 bits per heavy atom. The summed E-state index contributed by atoms with van der Waals surface area (Å²) in [6.45, 7) is 6.15. The van der Waals surface area contributed by atoms with Crippen molar-refractivity contribution in [3.8, 4) is 5.75 Å². The van der Waals surface area contributed by atoms with Crippen LogP contribution in [0, 0.1) is 13.8 Å². The van der Waals surface area contributed by atoms with E-state index in [2.05, 4.69) is 0 Å². The molecule has 142 valence electrons. The van der Waals surface area contributed by atoms with Crippen LogP contribution in [0.4, 0.5) is 5.69 Å². The molecular formula is C22H25NO4. The second kappa shape index (κ2) is 7.53. The zero-order valence-corrected chi connectivity index (χ0v) is 16.0. The van der Waals surface area contributed by atoms with Gasteiger partial charge in [0.1, 0.15) is 11.5 Å². The Bertz CT molecular complexity index is 876. The van der Waals surface area contributed by atoms with Gasteiger partial charge < -0.3 is 14.7 Å². The third kappa shape index (κ3) is 3.74. The van der Waals surface area contributed by atoms with Crippen LogP contribution in [0.2, 0.25) is 0 Å². The van der Waals surface area contributed by atoms with Gasteiger partial charge in [-0.3, -0.25) is 9.59 Å². The molecule has 0 unspecified atom stereocenters. The van der Waals surface area contributed by atoms with Crippen molar-refractivity contribution < 1.29 is 19.4 Å². The monoisotopic (exact) mass is 367 g/mol. The molecule has 0 saturated heterocycles. The van der Waals surface area contributed by atoms with E-state index < -0.39 is 11.5 Å². The number of hydrogen-bond acceptors (Lipinski definition) is 4. The average molecular weight is 367 g/mol.